The largest absolute Gasteiger partial charge is 0.497 e. The van der Waals surface area contributed by atoms with Gasteiger partial charge in [0.1, 0.15) is 5.75 Å². The monoisotopic (exact) mass is 300 g/mol. The minimum Gasteiger partial charge on any atom is -0.497 e. The van der Waals surface area contributed by atoms with Gasteiger partial charge in [0.05, 0.1) is 19.1 Å². The number of hydrogen-bond acceptors (Lipinski definition) is 4. The Morgan fingerprint density at radius 3 is 2.52 bits per heavy atom. The van der Waals surface area contributed by atoms with Gasteiger partial charge >= 0.3 is 0 Å². The summed E-state index contributed by atoms with van der Waals surface area (Å²) in [5, 5.41) is 12.5. The maximum atomic E-state index is 12.2. The molecule has 0 radical (unpaired) electrons. The van der Waals surface area contributed by atoms with Gasteiger partial charge in [-0.05, 0) is 42.0 Å². The molecule has 3 nitrogen and oxygen atoms in total. The van der Waals surface area contributed by atoms with Gasteiger partial charge < -0.3 is 9.84 Å². The number of aliphatic hydroxyl groups excluding tert-OH is 1. The number of ether oxygens (including phenoxy) is 1. The highest BCUT2D eigenvalue weighted by atomic mass is 32.1. The van der Waals surface area contributed by atoms with Crippen molar-refractivity contribution in [1.29, 1.82) is 0 Å². The van der Waals surface area contributed by atoms with E-state index in [0.717, 1.165) is 4.88 Å². The van der Waals surface area contributed by atoms with Crippen molar-refractivity contribution in [1.82, 2.24) is 0 Å². The van der Waals surface area contributed by atoms with Gasteiger partial charge in [-0.3, -0.25) is 4.79 Å². The van der Waals surface area contributed by atoms with Crippen molar-refractivity contribution in [3.8, 4) is 17.6 Å². The highest BCUT2D eigenvalue weighted by Crippen LogP contribution is 2.34. The predicted octanol–water partition coefficient (Wildman–Crippen LogP) is 3.17. The Hall–Kier alpha value is -2.09. The zero-order chi connectivity index (χ0) is 15.2. The van der Waals surface area contributed by atoms with Crippen LogP contribution in [-0.2, 0) is 4.79 Å². The number of carbonyl (C=O) groups excluding carboxylic acids is 1. The Balaban J connectivity index is 2.34. The van der Waals surface area contributed by atoms with E-state index in [-0.39, 0.29) is 5.78 Å². The fourth-order valence-corrected chi connectivity index (χ4v) is 2.94. The molecule has 0 bridgehead atoms. The van der Waals surface area contributed by atoms with Crippen molar-refractivity contribution in [2.75, 3.05) is 7.11 Å². The number of methoxy groups -OCH3 is 1. The van der Waals surface area contributed by atoms with Crippen LogP contribution in [0.4, 0.5) is 0 Å². The van der Waals surface area contributed by atoms with E-state index >= 15 is 0 Å². The second-order valence-corrected chi connectivity index (χ2v) is 5.43. The molecule has 1 aromatic carbocycles. The third kappa shape index (κ3) is 3.52. The van der Waals surface area contributed by atoms with E-state index < -0.39 is 12.0 Å². The first-order valence-electron chi connectivity index (χ1n) is 6.49. The topological polar surface area (TPSA) is 46.5 Å². The Morgan fingerprint density at radius 2 is 2.00 bits per heavy atom. The van der Waals surface area contributed by atoms with Crippen LogP contribution in [0.25, 0.3) is 0 Å². The molecule has 1 heterocycles. The van der Waals surface area contributed by atoms with Gasteiger partial charge in [0, 0.05) is 4.88 Å². The highest BCUT2D eigenvalue weighted by Gasteiger charge is 2.29. The van der Waals surface area contributed by atoms with Crippen LogP contribution in [0, 0.1) is 11.8 Å². The van der Waals surface area contributed by atoms with Gasteiger partial charge in [0.15, 0.2) is 0 Å². The summed E-state index contributed by atoms with van der Waals surface area (Å²) in [5.74, 6) is 4.92. The molecule has 21 heavy (non-hydrogen) atoms. The van der Waals surface area contributed by atoms with Crippen LogP contribution in [0.2, 0.25) is 0 Å². The van der Waals surface area contributed by atoms with Crippen LogP contribution in [0.3, 0.4) is 0 Å². The Bertz CT molecular complexity index is 648. The number of ketones is 1. The summed E-state index contributed by atoms with van der Waals surface area (Å²) in [6.07, 6.45) is -0.928. The van der Waals surface area contributed by atoms with Crippen LogP contribution in [-0.4, -0.2) is 18.0 Å². The smallest absolute Gasteiger partial charge is 0.216 e. The van der Waals surface area contributed by atoms with Gasteiger partial charge in [0.2, 0.25) is 5.78 Å². The van der Waals surface area contributed by atoms with Crippen LogP contribution in [0.1, 0.15) is 29.4 Å². The summed E-state index contributed by atoms with van der Waals surface area (Å²) >= 11 is 1.44. The highest BCUT2D eigenvalue weighted by molar-refractivity contribution is 7.10. The first-order valence-corrected chi connectivity index (χ1v) is 7.37. The number of benzene rings is 1. The molecule has 108 valence electrons. The maximum absolute atomic E-state index is 12.2. The van der Waals surface area contributed by atoms with Crippen LogP contribution >= 0.6 is 11.3 Å². The minimum atomic E-state index is -0.928. The number of Topliss-reactive ketones (excluding diaryl/α,β-unsaturated/α-hetero) is 1. The molecule has 2 unspecified atom stereocenters. The van der Waals surface area contributed by atoms with Gasteiger partial charge in [-0.2, -0.15) is 0 Å². The van der Waals surface area contributed by atoms with Crippen molar-refractivity contribution in [2.45, 2.75) is 18.9 Å². The molecule has 1 N–H and O–H groups in total. The van der Waals surface area contributed by atoms with E-state index in [9.17, 15) is 9.90 Å². The van der Waals surface area contributed by atoms with Gasteiger partial charge in [-0.15, -0.1) is 11.3 Å². The molecule has 0 saturated carbocycles. The van der Waals surface area contributed by atoms with E-state index in [1.54, 1.807) is 38.3 Å². The Labute approximate surface area is 128 Å². The average molecular weight is 300 g/mol. The van der Waals surface area contributed by atoms with Crippen LogP contribution in [0.5, 0.6) is 5.75 Å². The molecule has 0 aliphatic carbocycles. The van der Waals surface area contributed by atoms with E-state index in [1.165, 1.54) is 11.3 Å². The van der Waals surface area contributed by atoms with Gasteiger partial charge in [-0.25, -0.2) is 0 Å². The zero-order valence-corrected chi connectivity index (χ0v) is 12.7. The summed E-state index contributed by atoms with van der Waals surface area (Å²) < 4.78 is 5.10. The molecule has 2 atom stereocenters. The Morgan fingerprint density at radius 1 is 1.29 bits per heavy atom. The molecule has 0 fully saturated rings. The SMILES string of the molecule is CC#CC(=O)C(c1cccs1)C(O)c1ccc(OC)cc1. The van der Waals surface area contributed by atoms with E-state index in [2.05, 4.69) is 11.8 Å². The molecule has 0 aliphatic heterocycles. The molecular weight excluding hydrogens is 284 g/mol. The van der Waals surface area contributed by atoms with Crippen molar-refractivity contribution >= 4 is 17.1 Å². The number of carbonyl (C=O) groups is 1. The Kier molecular flexibility index (Phi) is 5.15. The quantitative estimate of drug-likeness (QED) is 0.681. The fraction of sp³-hybridized carbons (Fsp3) is 0.235. The summed E-state index contributed by atoms with van der Waals surface area (Å²) in [4.78, 5) is 13.0. The van der Waals surface area contributed by atoms with E-state index in [0.29, 0.717) is 11.3 Å². The molecule has 0 amide bonds. The molecule has 0 spiro atoms. The van der Waals surface area contributed by atoms with Crippen molar-refractivity contribution in [3.05, 3.63) is 52.2 Å². The van der Waals surface area contributed by atoms with Crippen LogP contribution in [0.15, 0.2) is 41.8 Å². The summed E-state index contributed by atoms with van der Waals surface area (Å²) in [6, 6.07) is 10.8. The first-order chi connectivity index (χ1) is 10.2. The van der Waals surface area contributed by atoms with E-state index in [1.807, 2.05) is 17.5 Å². The number of thiophene rings is 1. The number of aliphatic hydroxyl groups is 1. The normalized spacial score (nSPS) is 12.9. The van der Waals surface area contributed by atoms with Gasteiger partial charge in [0.25, 0.3) is 0 Å². The lowest BCUT2D eigenvalue weighted by atomic mass is 9.90. The summed E-state index contributed by atoms with van der Waals surface area (Å²) in [6.45, 7) is 1.61. The molecular formula is C17H16O3S. The predicted molar refractivity (Wildman–Crippen MR) is 83.5 cm³/mol. The zero-order valence-electron chi connectivity index (χ0n) is 11.9. The first kappa shape index (κ1) is 15.3. The number of hydrogen-bond donors (Lipinski definition) is 1. The fourth-order valence-electron chi connectivity index (χ4n) is 2.09. The third-order valence-electron chi connectivity index (χ3n) is 3.15. The standard InChI is InChI=1S/C17H16O3S/c1-3-5-14(18)16(15-6-4-11-21-15)17(19)12-7-9-13(20-2)10-8-12/h4,6-11,16-17,19H,1-2H3. The van der Waals surface area contributed by atoms with Gasteiger partial charge in [-0.1, -0.05) is 24.1 Å². The summed E-state index contributed by atoms with van der Waals surface area (Å²) in [5.41, 5.74) is 0.667. The molecule has 0 saturated heterocycles. The second-order valence-electron chi connectivity index (χ2n) is 4.45. The van der Waals surface area contributed by atoms with E-state index in [4.69, 9.17) is 4.74 Å². The number of rotatable bonds is 5. The lowest BCUT2D eigenvalue weighted by Gasteiger charge is -2.19. The maximum Gasteiger partial charge on any atom is 0.216 e. The van der Waals surface area contributed by atoms with Crippen LogP contribution < -0.4 is 4.74 Å². The molecule has 2 aromatic rings. The van der Waals surface area contributed by atoms with Crippen molar-refractivity contribution < 1.29 is 14.6 Å². The lowest BCUT2D eigenvalue weighted by Crippen LogP contribution is -2.18. The average Bonchev–Trinajstić information content (AvgIpc) is 3.01. The lowest BCUT2D eigenvalue weighted by molar-refractivity contribution is -0.117. The third-order valence-corrected chi connectivity index (χ3v) is 4.11. The molecule has 0 aliphatic rings. The van der Waals surface area contributed by atoms with Crippen molar-refractivity contribution in [3.63, 3.8) is 0 Å². The molecule has 1 aromatic heterocycles. The second kappa shape index (κ2) is 7.07. The minimum absolute atomic E-state index is 0.275. The summed E-state index contributed by atoms with van der Waals surface area (Å²) in [7, 11) is 1.58. The van der Waals surface area contributed by atoms with Crippen molar-refractivity contribution in [2.24, 2.45) is 0 Å². The molecule has 4 heteroatoms. The molecule has 2 rings (SSSR count).